The van der Waals surface area contributed by atoms with E-state index in [1.165, 1.54) is 11.0 Å². The fourth-order valence-corrected chi connectivity index (χ4v) is 6.95. The van der Waals surface area contributed by atoms with Gasteiger partial charge < -0.3 is 14.7 Å². The Morgan fingerprint density at radius 1 is 1.16 bits per heavy atom. The van der Waals surface area contributed by atoms with Crippen LogP contribution >= 0.6 is 0 Å². The van der Waals surface area contributed by atoms with Crippen LogP contribution in [0.1, 0.15) is 73.2 Å². The van der Waals surface area contributed by atoms with Gasteiger partial charge in [0.25, 0.3) is 5.91 Å². The summed E-state index contributed by atoms with van der Waals surface area (Å²) in [7, 11) is 0. The number of hydrogen-bond donors (Lipinski definition) is 1. The van der Waals surface area contributed by atoms with Gasteiger partial charge in [0.1, 0.15) is 29.4 Å². The molecule has 1 aromatic rings. The van der Waals surface area contributed by atoms with E-state index in [-0.39, 0.29) is 29.4 Å². The maximum absolute atomic E-state index is 15.3. The first-order valence-corrected chi connectivity index (χ1v) is 11.6. The van der Waals surface area contributed by atoms with Crippen LogP contribution < -0.4 is 4.74 Å². The quantitative estimate of drug-likeness (QED) is 0.755. The highest BCUT2D eigenvalue weighted by atomic mass is 19.1. The third-order valence-corrected chi connectivity index (χ3v) is 8.39. The molecule has 0 aromatic heterocycles. The highest BCUT2D eigenvalue weighted by Gasteiger charge is 2.64. The minimum Gasteiger partial charge on any atom is -0.489 e. The first-order chi connectivity index (χ1) is 14.8. The zero-order chi connectivity index (χ0) is 21.5. The van der Waals surface area contributed by atoms with Gasteiger partial charge in [-0.25, -0.2) is 13.6 Å². The molecule has 3 unspecified atom stereocenters. The van der Waals surface area contributed by atoms with Crippen molar-refractivity contribution in [2.24, 2.45) is 17.8 Å². The van der Waals surface area contributed by atoms with Gasteiger partial charge in [-0.2, -0.15) is 0 Å². The van der Waals surface area contributed by atoms with E-state index < -0.39 is 29.4 Å². The van der Waals surface area contributed by atoms with Crippen LogP contribution in [0.3, 0.4) is 0 Å². The Balaban J connectivity index is 1.30. The summed E-state index contributed by atoms with van der Waals surface area (Å²) in [6, 6.07) is 1.95. The molecule has 0 radical (unpaired) electrons. The molecule has 4 bridgehead atoms. The monoisotopic (exact) mass is 431 g/mol. The number of aliphatic carboxylic acids is 1. The zero-order valence-corrected chi connectivity index (χ0v) is 17.4. The Kier molecular flexibility index (Phi) is 4.19. The molecular weight excluding hydrogens is 404 g/mol. The topological polar surface area (TPSA) is 66.8 Å². The minimum absolute atomic E-state index is 0.0850. The number of ether oxygens (including phenoxy) is 1. The smallest absolute Gasteiger partial charge is 0.326 e. The third-order valence-electron chi connectivity index (χ3n) is 8.39. The Labute approximate surface area is 179 Å². The lowest BCUT2D eigenvalue weighted by Crippen LogP contribution is -2.40. The fraction of sp³-hybridized carbons (Fsp3) is 0.667. The maximum Gasteiger partial charge on any atom is 0.326 e. The normalized spacial score (nSPS) is 38.1. The number of carbonyl (C=O) groups excluding carboxylic acids is 1. The van der Waals surface area contributed by atoms with Gasteiger partial charge >= 0.3 is 5.97 Å². The van der Waals surface area contributed by atoms with Crippen molar-refractivity contribution in [2.75, 3.05) is 6.54 Å². The summed E-state index contributed by atoms with van der Waals surface area (Å²) in [5.41, 5.74) is -0.409. The highest BCUT2D eigenvalue weighted by molar-refractivity contribution is 5.97. The molecule has 7 heteroatoms. The lowest BCUT2D eigenvalue weighted by Gasteiger charge is -2.32. The van der Waals surface area contributed by atoms with E-state index in [1.54, 1.807) is 6.07 Å². The van der Waals surface area contributed by atoms with Crippen molar-refractivity contribution in [3.8, 4) is 5.75 Å². The second-order valence-corrected chi connectivity index (χ2v) is 10.4. The van der Waals surface area contributed by atoms with Gasteiger partial charge in [-0.05, 0) is 80.8 Å². The van der Waals surface area contributed by atoms with Crippen molar-refractivity contribution in [1.29, 1.82) is 0 Å². The summed E-state index contributed by atoms with van der Waals surface area (Å²) in [6.45, 7) is 0.317. The van der Waals surface area contributed by atoms with Gasteiger partial charge in [0, 0.05) is 18.5 Å². The fourth-order valence-electron chi connectivity index (χ4n) is 6.95. The molecule has 1 aliphatic heterocycles. The van der Waals surface area contributed by atoms with Crippen LogP contribution in [-0.4, -0.2) is 46.2 Å². The molecular formula is C24H27F2NO4. The van der Waals surface area contributed by atoms with Crippen molar-refractivity contribution in [3.05, 3.63) is 29.1 Å². The number of carboxylic acid groups (broad SMARTS) is 1. The Hall–Kier alpha value is -2.18. The van der Waals surface area contributed by atoms with Gasteiger partial charge in [-0.3, -0.25) is 4.79 Å². The Morgan fingerprint density at radius 3 is 2.68 bits per heavy atom. The van der Waals surface area contributed by atoms with Crippen molar-refractivity contribution in [3.63, 3.8) is 0 Å². The maximum atomic E-state index is 15.3. The lowest BCUT2D eigenvalue weighted by molar-refractivity contribution is -0.141. The number of nitrogens with zero attached hydrogens (tertiary/aromatic N) is 1. The predicted octanol–water partition coefficient (Wildman–Crippen LogP) is 4.30. The molecule has 1 heterocycles. The molecule has 5 nitrogen and oxygen atoms in total. The summed E-state index contributed by atoms with van der Waals surface area (Å²) in [4.78, 5) is 25.8. The number of carbonyl (C=O) groups is 2. The molecule has 7 rings (SSSR count). The third kappa shape index (κ3) is 2.99. The lowest BCUT2D eigenvalue weighted by atomic mass is 9.80. The van der Waals surface area contributed by atoms with Gasteiger partial charge in [0.15, 0.2) is 0 Å². The van der Waals surface area contributed by atoms with E-state index in [0.717, 1.165) is 31.2 Å². The van der Waals surface area contributed by atoms with Crippen LogP contribution in [0.2, 0.25) is 0 Å². The molecule has 31 heavy (non-hydrogen) atoms. The molecule has 5 saturated carbocycles. The van der Waals surface area contributed by atoms with E-state index in [1.807, 2.05) is 0 Å². The average Bonchev–Trinajstić information content (AvgIpc) is 3.33. The second-order valence-electron chi connectivity index (χ2n) is 10.4. The molecule has 6 atom stereocenters. The number of halogens is 2. The Bertz CT molecular complexity index is 963. The van der Waals surface area contributed by atoms with Gasteiger partial charge in [0.05, 0.1) is 5.56 Å². The largest absolute Gasteiger partial charge is 0.489 e. The first-order valence-electron chi connectivity index (χ1n) is 11.6. The molecule has 6 fully saturated rings. The molecule has 1 aromatic carbocycles. The number of carboxylic acids is 1. The standard InChI is InChI=1S/C24H27F2NO4/c25-18-9-20(31-21-14-6-12-7-17(21)24(26,10-12)11-14)15(13-3-4-13)8-16(18)22(28)27-5-1-2-19(27)23(29)30/h8-9,12-14,17,19,21H,1-7,10-11H2,(H,29,30)/t12?,14?,17?,19-,21+,24+/m0/s1. The Morgan fingerprint density at radius 2 is 1.97 bits per heavy atom. The van der Waals surface area contributed by atoms with Crippen molar-refractivity contribution in [2.45, 2.75) is 75.1 Å². The number of amides is 1. The predicted molar refractivity (Wildman–Crippen MR) is 107 cm³/mol. The van der Waals surface area contributed by atoms with E-state index in [9.17, 15) is 14.7 Å². The first kappa shape index (κ1) is 19.5. The summed E-state index contributed by atoms with van der Waals surface area (Å²) >= 11 is 0. The van der Waals surface area contributed by atoms with E-state index in [2.05, 4.69) is 0 Å². The minimum atomic E-state index is -1.13. The van der Waals surface area contributed by atoms with E-state index in [0.29, 0.717) is 43.9 Å². The van der Waals surface area contributed by atoms with Crippen LogP contribution in [0.5, 0.6) is 5.75 Å². The van der Waals surface area contributed by atoms with Crippen LogP contribution in [0.25, 0.3) is 0 Å². The summed E-state index contributed by atoms with van der Waals surface area (Å²) in [5, 5.41) is 9.39. The molecule has 5 aliphatic carbocycles. The number of benzene rings is 1. The molecule has 1 amide bonds. The zero-order valence-electron chi connectivity index (χ0n) is 17.4. The van der Waals surface area contributed by atoms with Gasteiger partial charge in [0.2, 0.25) is 0 Å². The number of hydrogen-bond acceptors (Lipinski definition) is 3. The molecule has 1 saturated heterocycles. The summed E-state index contributed by atoms with van der Waals surface area (Å²) in [5.74, 6) is -1.15. The average molecular weight is 431 g/mol. The van der Waals surface area contributed by atoms with Crippen molar-refractivity contribution >= 4 is 11.9 Å². The number of alkyl halides is 1. The molecule has 166 valence electrons. The second kappa shape index (κ2) is 6.66. The van der Waals surface area contributed by atoms with Crippen LogP contribution in [0, 0.1) is 23.6 Å². The van der Waals surface area contributed by atoms with Crippen LogP contribution in [-0.2, 0) is 4.79 Å². The van der Waals surface area contributed by atoms with Crippen molar-refractivity contribution < 1.29 is 28.2 Å². The summed E-state index contributed by atoms with van der Waals surface area (Å²) < 4.78 is 36.7. The molecule has 6 aliphatic rings. The van der Waals surface area contributed by atoms with E-state index in [4.69, 9.17) is 4.74 Å². The van der Waals surface area contributed by atoms with Crippen LogP contribution in [0.15, 0.2) is 12.1 Å². The van der Waals surface area contributed by atoms with E-state index >= 15 is 8.78 Å². The number of likely N-dealkylation sites (tertiary alicyclic amines) is 1. The number of rotatable bonds is 5. The molecule has 0 spiro atoms. The SMILES string of the molecule is O=C(O)[C@@H]1CCCN1C(=O)c1cc(C2CC2)c(O[C@@H]2C3CC4CC2[C@@](F)(C4)C3)cc1F. The van der Waals surface area contributed by atoms with Crippen LogP contribution in [0.4, 0.5) is 8.78 Å². The van der Waals surface area contributed by atoms with Gasteiger partial charge in [-0.1, -0.05) is 0 Å². The summed E-state index contributed by atoms with van der Waals surface area (Å²) in [6.07, 6.45) is 5.66. The van der Waals surface area contributed by atoms with Gasteiger partial charge in [-0.15, -0.1) is 0 Å². The highest BCUT2D eigenvalue weighted by Crippen LogP contribution is 2.63. The van der Waals surface area contributed by atoms with Crippen molar-refractivity contribution in [1.82, 2.24) is 4.90 Å². The molecule has 1 N–H and O–H groups in total.